The molecular weight excluding hydrogens is 247 g/mol. The van der Waals surface area contributed by atoms with E-state index in [4.69, 9.17) is 9.05 Å². The Bertz CT molecular complexity index is 585. The third kappa shape index (κ3) is 2.14. The van der Waals surface area contributed by atoms with E-state index >= 15 is 0 Å². The zero-order chi connectivity index (χ0) is 12.6. The van der Waals surface area contributed by atoms with Crippen LogP contribution in [0, 0.1) is 0 Å². The van der Waals surface area contributed by atoms with E-state index in [1.54, 1.807) is 0 Å². The van der Waals surface area contributed by atoms with Gasteiger partial charge in [-0.2, -0.15) is 0 Å². The summed E-state index contributed by atoms with van der Waals surface area (Å²) in [6, 6.07) is 15.3. The molecule has 1 aliphatic heterocycles. The molecule has 0 bridgehead atoms. The van der Waals surface area contributed by atoms with Gasteiger partial charge in [0, 0.05) is 6.42 Å². The van der Waals surface area contributed by atoms with Crippen LogP contribution in [0.1, 0.15) is 11.1 Å². The van der Waals surface area contributed by atoms with Gasteiger partial charge in [-0.15, -0.1) is 0 Å². The van der Waals surface area contributed by atoms with Gasteiger partial charge in [-0.25, -0.2) is 4.57 Å². The Morgan fingerprint density at radius 2 is 1.33 bits per heavy atom. The minimum Gasteiger partial charge on any atom is -0.416 e. The maximum atomic E-state index is 12.3. The summed E-state index contributed by atoms with van der Waals surface area (Å²) < 4.78 is 23.3. The Kier molecular flexibility index (Phi) is 2.64. The topological polar surface area (TPSA) is 35.5 Å². The Morgan fingerprint density at radius 3 is 1.83 bits per heavy atom. The molecule has 1 heterocycles. The van der Waals surface area contributed by atoms with Crippen molar-refractivity contribution >= 4 is 7.60 Å². The molecule has 0 aromatic heterocycles. The predicted octanol–water partition coefficient (Wildman–Crippen LogP) is 3.87. The number of fused-ring (bicyclic) bond motifs is 2. The Hall–Kier alpha value is -1.73. The average molecular weight is 260 g/mol. The Balaban J connectivity index is 2.17. The molecule has 0 amide bonds. The molecular formula is C14H13O3P. The molecule has 3 nitrogen and oxygen atoms in total. The molecule has 0 saturated carbocycles. The Labute approximate surface area is 106 Å². The molecule has 0 radical (unpaired) electrons. The van der Waals surface area contributed by atoms with Crippen LogP contribution in [-0.2, 0) is 11.0 Å². The largest absolute Gasteiger partial charge is 0.427 e. The van der Waals surface area contributed by atoms with Gasteiger partial charge in [-0.3, -0.25) is 0 Å². The van der Waals surface area contributed by atoms with Crippen LogP contribution in [0.5, 0.6) is 11.5 Å². The van der Waals surface area contributed by atoms with Gasteiger partial charge in [0.2, 0.25) is 0 Å². The first kappa shape index (κ1) is 11.4. The minimum absolute atomic E-state index is 0.637. The molecule has 4 heteroatoms. The molecule has 0 aliphatic carbocycles. The van der Waals surface area contributed by atoms with E-state index in [1.807, 2.05) is 48.5 Å². The quantitative estimate of drug-likeness (QED) is 0.674. The average Bonchev–Trinajstić information content (AvgIpc) is 2.31. The lowest BCUT2D eigenvalue weighted by molar-refractivity contribution is 0.387. The highest BCUT2D eigenvalue weighted by atomic mass is 31.2. The first-order valence-electron chi connectivity index (χ1n) is 5.76. The summed E-state index contributed by atoms with van der Waals surface area (Å²) in [6.07, 6.45) is 0.715. The summed E-state index contributed by atoms with van der Waals surface area (Å²) >= 11 is 0. The third-order valence-corrected chi connectivity index (χ3v) is 3.91. The van der Waals surface area contributed by atoms with Crippen LogP contribution in [0.25, 0.3) is 0 Å². The molecule has 0 spiro atoms. The summed E-state index contributed by atoms with van der Waals surface area (Å²) in [5.74, 6) is 1.27. The van der Waals surface area contributed by atoms with Gasteiger partial charge in [-0.05, 0) is 23.3 Å². The van der Waals surface area contributed by atoms with Gasteiger partial charge in [0.05, 0.1) is 6.66 Å². The van der Waals surface area contributed by atoms with Crippen molar-refractivity contribution in [1.82, 2.24) is 0 Å². The molecule has 3 rings (SSSR count). The minimum atomic E-state index is -3.12. The van der Waals surface area contributed by atoms with Crippen LogP contribution < -0.4 is 9.05 Å². The van der Waals surface area contributed by atoms with Crippen LogP contribution >= 0.6 is 7.60 Å². The van der Waals surface area contributed by atoms with Gasteiger partial charge in [0.25, 0.3) is 0 Å². The van der Waals surface area contributed by atoms with E-state index in [-0.39, 0.29) is 0 Å². The maximum Gasteiger partial charge on any atom is 0.427 e. The van der Waals surface area contributed by atoms with Crippen molar-refractivity contribution in [2.75, 3.05) is 6.66 Å². The summed E-state index contributed by atoms with van der Waals surface area (Å²) in [5.41, 5.74) is 2.05. The molecule has 0 unspecified atom stereocenters. The molecule has 18 heavy (non-hydrogen) atoms. The summed E-state index contributed by atoms with van der Waals surface area (Å²) in [5, 5.41) is 0. The molecule has 0 atom stereocenters. The second-order valence-corrected chi connectivity index (χ2v) is 6.25. The van der Waals surface area contributed by atoms with Gasteiger partial charge in [0.15, 0.2) is 0 Å². The number of rotatable bonds is 0. The zero-order valence-electron chi connectivity index (χ0n) is 10.00. The van der Waals surface area contributed by atoms with Crippen molar-refractivity contribution in [2.45, 2.75) is 6.42 Å². The van der Waals surface area contributed by atoms with E-state index in [2.05, 4.69) is 0 Å². The van der Waals surface area contributed by atoms with E-state index in [0.717, 1.165) is 11.1 Å². The zero-order valence-corrected chi connectivity index (χ0v) is 10.9. The van der Waals surface area contributed by atoms with Gasteiger partial charge in [0.1, 0.15) is 11.5 Å². The highest BCUT2D eigenvalue weighted by Gasteiger charge is 2.25. The molecule has 92 valence electrons. The summed E-state index contributed by atoms with van der Waals surface area (Å²) in [6.45, 7) is 1.49. The normalized spacial score (nSPS) is 16.3. The summed E-state index contributed by atoms with van der Waals surface area (Å²) in [7, 11) is -3.12. The van der Waals surface area contributed by atoms with Crippen LogP contribution in [0.2, 0.25) is 0 Å². The van der Waals surface area contributed by atoms with Crippen LogP contribution in [0.15, 0.2) is 48.5 Å². The molecule has 2 aromatic carbocycles. The van der Waals surface area contributed by atoms with Crippen LogP contribution in [0.4, 0.5) is 0 Å². The van der Waals surface area contributed by atoms with Crippen molar-refractivity contribution < 1.29 is 13.6 Å². The lowest BCUT2D eigenvalue weighted by atomic mass is 10.0. The smallest absolute Gasteiger partial charge is 0.416 e. The fraction of sp³-hybridized carbons (Fsp3) is 0.143. The first-order valence-corrected chi connectivity index (χ1v) is 7.75. The highest BCUT2D eigenvalue weighted by Crippen LogP contribution is 2.48. The second-order valence-electron chi connectivity index (χ2n) is 4.35. The van der Waals surface area contributed by atoms with Crippen LogP contribution in [0.3, 0.4) is 0 Å². The maximum absolute atomic E-state index is 12.3. The van der Waals surface area contributed by atoms with E-state index in [0.29, 0.717) is 17.9 Å². The number of para-hydroxylation sites is 2. The van der Waals surface area contributed by atoms with Crippen molar-refractivity contribution in [3.8, 4) is 11.5 Å². The van der Waals surface area contributed by atoms with Crippen molar-refractivity contribution in [3.63, 3.8) is 0 Å². The standard InChI is InChI=1S/C14H13O3P/c1-18(15)16-13-8-4-2-6-11(13)10-12-7-3-5-9-14(12)17-18/h2-9H,10H2,1H3. The SMILES string of the molecule is CP1(=O)Oc2ccccc2Cc2ccccc2O1. The second kappa shape index (κ2) is 4.18. The first-order chi connectivity index (χ1) is 8.64. The number of benzene rings is 2. The van der Waals surface area contributed by atoms with Crippen molar-refractivity contribution in [2.24, 2.45) is 0 Å². The fourth-order valence-electron chi connectivity index (χ4n) is 2.06. The number of hydrogen-bond acceptors (Lipinski definition) is 3. The van der Waals surface area contributed by atoms with Gasteiger partial charge >= 0.3 is 7.60 Å². The van der Waals surface area contributed by atoms with E-state index < -0.39 is 7.60 Å². The van der Waals surface area contributed by atoms with E-state index in [9.17, 15) is 4.57 Å². The predicted molar refractivity (Wildman–Crippen MR) is 70.5 cm³/mol. The van der Waals surface area contributed by atoms with Gasteiger partial charge < -0.3 is 9.05 Å². The lowest BCUT2D eigenvalue weighted by Gasteiger charge is -2.23. The molecule has 2 aromatic rings. The van der Waals surface area contributed by atoms with Crippen molar-refractivity contribution in [1.29, 1.82) is 0 Å². The monoisotopic (exact) mass is 260 g/mol. The highest BCUT2D eigenvalue weighted by molar-refractivity contribution is 7.53. The third-order valence-electron chi connectivity index (χ3n) is 2.85. The summed E-state index contributed by atoms with van der Waals surface area (Å²) in [4.78, 5) is 0. The molecule has 0 fully saturated rings. The Morgan fingerprint density at radius 1 is 0.889 bits per heavy atom. The lowest BCUT2D eigenvalue weighted by Crippen LogP contribution is -2.06. The molecule has 0 saturated heterocycles. The molecule has 0 N–H and O–H groups in total. The van der Waals surface area contributed by atoms with Crippen LogP contribution in [-0.4, -0.2) is 6.66 Å². The van der Waals surface area contributed by atoms with Gasteiger partial charge in [-0.1, -0.05) is 36.4 Å². The van der Waals surface area contributed by atoms with Crippen molar-refractivity contribution in [3.05, 3.63) is 59.7 Å². The molecule has 1 aliphatic rings. The fourth-order valence-corrected chi connectivity index (χ4v) is 3.17. The van der Waals surface area contributed by atoms with E-state index in [1.165, 1.54) is 6.66 Å². The number of hydrogen-bond donors (Lipinski definition) is 0.